The summed E-state index contributed by atoms with van der Waals surface area (Å²) >= 11 is 0. The van der Waals surface area contributed by atoms with Crippen LogP contribution in [0, 0.1) is 0 Å². The molecule has 25 heavy (non-hydrogen) atoms. The van der Waals surface area contributed by atoms with Gasteiger partial charge in [0, 0.05) is 13.2 Å². The second-order valence-corrected chi connectivity index (χ2v) is 5.57. The highest BCUT2D eigenvalue weighted by atomic mass is 16.5. The van der Waals surface area contributed by atoms with Crippen molar-refractivity contribution in [3.8, 4) is 17.4 Å². The fraction of sp³-hybridized carbons (Fsp3) is 0.278. The van der Waals surface area contributed by atoms with Crippen LogP contribution < -0.4 is 10.1 Å². The van der Waals surface area contributed by atoms with Gasteiger partial charge in [-0.3, -0.25) is 0 Å². The molecule has 0 saturated heterocycles. The zero-order valence-corrected chi connectivity index (χ0v) is 13.9. The van der Waals surface area contributed by atoms with E-state index in [-0.39, 0.29) is 6.61 Å². The fourth-order valence-electron chi connectivity index (χ4n) is 2.39. The van der Waals surface area contributed by atoms with E-state index in [2.05, 4.69) is 20.8 Å². The molecule has 3 rings (SSSR count). The molecular weight excluding hydrogens is 318 g/mol. The van der Waals surface area contributed by atoms with Crippen LogP contribution in [0.1, 0.15) is 18.4 Å². The lowest BCUT2D eigenvalue weighted by Gasteiger charge is -2.08. The van der Waals surface area contributed by atoms with Gasteiger partial charge in [0.25, 0.3) is 0 Å². The lowest BCUT2D eigenvalue weighted by Crippen LogP contribution is -2.14. The van der Waals surface area contributed by atoms with E-state index in [1.807, 2.05) is 54.6 Å². The summed E-state index contributed by atoms with van der Waals surface area (Å²) in [5.41, 5.74) is 1.95. The van der Waals surface area contributed by atoms with Gasteiger partial charge in [-0.25, -0.2) is 0 Å². The highest BCUT2D eigenvalue weighted by molar-refractivity contribution is 5.34. The smallest absolute Gasteiger partial charge is 0.345 e. The molecule has 3 aromatic rings. The number of nitrogens with one attached hydrogen (secondary N) is 1. The van der Waals surface area contributed by atoms with Crippen LogP contribution in [0.25, 0.3) is 5.69 Å². The molecule has 0 bridgehead atoms. The van der Waals surface area contributed by atoms with E-state index in [4.69, 9.17) is 9.84 Å². The van der Waals surface area contributed by atoms with E-state index in [1.165, 1.54) is 0 Å². The number of aliphatic hydroxyl groups excluding tert-OH is 1. The molecule has 1 aromatic heterocycles. The first-order valence-electron chi connectivity index (χ1n) is 8.29. The van der Waals surface area contributed by atoms with Gasteiger partial charge in [-0.15, -0.1) is 0 Å². The van der Waals surface area contributed by atoms with Gasteiger partial charge in [0.2, 0.25) is 0 Å². The lowest BCUT2D eigenvalue weighted by atomic mass is 10.2. The quantitative estimate of drug-likeness (QED) is 0.582. The monoisotopic (exact) mass is 339 g/mol. The molecule has 2 N–H and O–H groups in total. The number of aliphatic hydroxyl groups is 1. The summed E-state index contributed by atoms with van der Waals surface area (Å²) in [5, 5.41) is 23.8. The average molecular weight is 339 g/mol. The normalized spacial score (nSPS) is 10.8. The number of nitrogens with zero attached hydrogens (tertiary/aromatic N) is 4. The number of ether oxygens (including phenoxy) is 1. The zero-order chi connectivity index (χ0) is 17.3. The first kappa shape index (κ1) is 17.1. The van der Waals surface area contributed by atoms with Crippen molar-refractivity contribution in [1.82, 2.24) is 25.5 Å². The highest BCUT2D eigenvalue weighted by Gasteiger charge is 2.10. The Balaban J connectivity index is 1.64. The van der Waals surface area contributed by atoms with Crippen LogP contribution in [0.4, 0.5) is 0 Å². The van der Waals surface area contributed by atoms with Crippen molar-refractivity contribution in [2.75, 3.05) is 13.2 Å². The number of hydrogen-bond donors (Lipinski definition) is 2. The van der Waals surface area contributed by atoms with Crippen molar-refractivity contribution < 1.29 is 9.84 Å². The Kier molecular flexibility index (Phi) is 6.08. The molecule has 1 heterocycles. The lowest BCUT2D eigenvalue weighted by molar-refractivity contribution is 0.283. The van der Waals surface area contributed by atoms with Crippen LogP contribution in [0.3, 0.4) is 0 Å². The summed E-state index contributed by atoms with van der Waals surface area (Å²) in [4.78, 5) is 0. The van der Waals surface area contributed by atoms with Gasteiger partial charge in [0.1, 0.15) is 5.75 Å². The number of tetrazole rings is 1. The summed E-state index contributed by atoms with van der Waals surface area (Å²) in [7, 11) is 0. The number of para-hydroxylation sites is 1. The fourth-order valence-corrected chi connectivity index (χ4v) is 2.39. The van der Waals surface area contributed by atoms with Crippen molar-refractivity contribution in [1.29, 1.82) is 0 Å². The molecule has 0 fully saturated rings. The standard InChI is InChI=1S/C18H21N5O2/c24-12-5-4-11-19-14-15-7-6-10-17(13-15)25-18-20-21-22-23(18)16-8-2-1-3-9-16/h1-3,6-10,13,19,24H,4-5,11-12,14H2. The first-order valence-corrected chi connectivity index (χ1v) is 8.29. The van der Waals surface area contributed by atoms with Gasteiger partial charge >= 0.3 is 6.01 Å². The second-order valence-electron chi connectivity index (χ2n) is 5.57. The average Bonchev–Trinajstić information content (AvgIpc) is 3.11. The van der Waals surface area contributed by atoms with Crippen molar-refractivity contribution in [3.05, 3.63) is 60.2 Å². The van der Waals surface area contributed by atoms with Crippen molar-refractivity contribution in [3.63, 3.8) is 0 Å². The summed E-state index contributed by atoms with van der Waals surface area (Å²) in [6, 6.07) is 17.7. The van der Waals surface area contributed by atoms with Crippen LogP contribution in [-0.4, -0.2) is 38.5 Å². The van der Waals surface area contributed by atoms with E-state index >= 15 is 0 Å². The molecule has 7 nitrogen and oxygen atoms in total. The second kappa shape index (κ2) is 8.91. The Morgan fingerprint density at radius 1 is 1.04 bits per heavy atom. The Hall–Kier alpha value is -2.77. The molecule has 0 saturated carbocycles. The summed E-state index contributed by atoms with van der Waals surface area (Å²) in [6.45, 7) is 1.85. The third-order valence-electron chi connectivity index (χ3n) is 3.64. The number of unbranched alkanes of at least 4 members (excludes halogenated alkanes) is 1. The number of rotatable bonds is 9. The Morgan fingerprint density at radius 3 is 2.76 bits per heavy atom. The molecule has 7 heteroatoms. The predicted octanol–water partition coefficient (Wildman–Crippen LogP) is 2.32. The minimum absolute atomic E-state index is 0.237. The van der Waals surface area contributed by atoms with Crippen molar-refractivity contribution in [2.24, 2.45) is 0 Å². The predicted molar refractivity (Wildman–Crippen MR) is 93.7 cm³/mol. The minimum Gasteiger partial charge on any atom is -0.423 e. The molecule has 0 amide bonds. The van der Waals surface area contributed by atoms with Crippen LogP contribution in [0.2, 0.25) is 0 Å². The molecule has 0 aliphatic carbocycles. The van der Waals surface area contributed by atoms with Crippen molar-refractivity contribution in [2.45, 2.75) is 19.4 Å². The summed E-state index contributed by atoms with van der Waals surface area (Å²) in [6.07, 6.45) is 1.77. The third-order valence-corrected chi connectivity index (χ3v) is 3.64. The molecule has 130 valence electrons. The Bertz CT molecular complexity index is 776. The van der Waals surface area contributed by atoms with Crippen LogP contribution in [0.5, 0.6) is 11.8 Å². The first-order chi connectivity index (χ1) is 12.4. The molecular formula is C18H21N5O2. The SMILES string of the molecule is OCCCCNCc1cccc(Oc2nnnn2-c2ccccc2)c1. The molecule has 2 aromatic carbocycles. The summed E-state index contributed by atoms with van der Waals surface area (Å²) < 4.78 is 7.41. The highest BCUT2D eigenvalue weighted by Crippen LogP contribution is 2.22. The topological polar surface area (TPSA) is 85.1 Å². The number of benzene rings is 2. The van der Waals surface area contributed by atoms with E-state index in [0.717, 1.165) is 37.2 Å². The van der Waals surface area contributed by atoms with Crippen LogP contribution >= 0.6 is 0 Å². The van der Waals surface area contributed by atoms with E-state index in [0.29, 0.717) is 11.8 Å². The van der Waals surface area contributed by atoms with Gasteiger partial charge in [-0.1, -0.05) is 35.4 Å². The van der Waals surface area contributed by atoms with E-state index < -0.39 is 0 Å². The van der Waals surface area contributed by atoms with Crippen LogP contribution in [-0.2, 0) is 6.54 Å². The van der Waals surface area contributed by atoms with Gasteiger partial charge in [0.05, 0.1) is 5.69 Å². The van der Waals surface area contributed by atoms with E-state index in [9.17, 15) is 0 Å². The molecule has 0 aliphatic heterocycles. The molecule has 0 aliphatic rings. The van der Waals surface area contributed by atoms with E-state index in [1.54, 1.807) is 4.68 Å². The Labute approximate surface area is 146 Å². The number of aromatic nitrogens is 4. The van der Waals surface area contributed by atoms with Gasteiger partial charge in [-0.2, -0.15) is 4.68 Å². The molecule has 0 radical (unpaired) electrons. The molecule has 0 atom stereocenters. The maximum Gasteiger partial charge on any atom is 0.345 e. The zero-order valence-electron chi connectivity index (χ0n) is 13.9. The minimum atomic E-state index is 0.237. The third kappa shape index (κ3) is 4.85. The maximum atomic E-state index is 8.78. The Morgan fingerprint density at radius 2 is 1.92 bits per heavy atom. The largest absolute Gasteiger partial charge is 0.423 e. The molecule has 0 unspecified atom stereocenters. The maximum absolute atomic E-state index is 8.78. The van der Waals surface area contributed by atoms with Gasteiger partial charge in [-0.05, 0) is 59.6 Å². The number of hydrogen-bond acceptors (Lipinski definition) is 6. The summed E-state index contributed by atoms with van der Waals surface area (Å²) in [5.74, 6) is 0.682. The molecule has 0 spiro atoms. The van der Waals surface area contributed by atoms with Gasteiger partial charge < -0.3 is 15.2 Å². The van der Waals surface area contributed by atoms with Crippen molar-refractivity contribution >= 4 is 0 Å². The van der Waals surface area contributed by atoms with Crippen LogP contribution in [0.15, 0.2) is 54.6 Å². The van der Waals surface area contributed by atoms with Gasteiger partial charge in [0.15, 0.2) is 0 Å².